The summed E-state index contributed by atoms with van der Waals surface area (Å²) in [5, 5.41) is 5.75. The number of nitrogens with zero attached hydrogens (tertiary/aromatic N) is 2. The zero-order chi connectivity index (χ0) is 25.9. The number of likely N-dealkylation sites (N-methyl/N-ethyl adjacent to an activating group) is 1. The second-order valence-corrected chi connectivity index (χ2v) is 10.2. The number of urea groups is 1. The van der Waals surface area contributed by atoms with Crippen LogP contribution in [0.4, 0.5) is 10.5 Å². The van der Waals surface area contributed by atoms with Crippen molar-refractivity contribution in [2.45, 2.75) is 25.9 Å². The number of anilines is 1. The molecule has 186 valence electrons. The Morgan fingerprint density at radius 1 is 1.17 bits per heavy atom. The molecule has 1 heterocycles. The molecule has 0 aliphatic carbocycles. The van der Waals surface area contributed by atoms with E-state index in [4.69, 9.17) is 16.3 Å². The molecular formula is C24H26ClIN4O5. The van der Waals surface area contributed by atoms with Gasteiger partial charge in [0.05, 0.1) is 10.7 Å². The normalized spacial score (nSPS) is 16.2. The Balaban J connectivity index is 1.75. The van der Waals surface area contributed by atoms with Gasteiger partial charge >= 0.3 is 6.03 Å². The fraction of sp³-hybridized carbons (Fsp3) is 0.333. The van der Waals surface area contributed by atoms with Crippen LogP contribution in [0.15, 0.2) is 42.5 Å². The van der Waals surface area contributed by atoms with Crippen LogP contribution < -0.4 is 15.4 Å². The molecule has 1 saturated heterocycles. The Bertz CT molecular complexity index is 1140. The van der Waals surface area contributed by atoms with Crippen LogP contribution in [0.5, 0.6) is 5.75 Å². The maximum Gasteiger partial charge on any atom is 0.325 e. The number of rotatable bonds is 8. The van der Waals surface area contributed by atoms with Crippen LogP contribution in [0.2, 0.25) is 5.02 Å². The minimum atomic E-state index is -1.04. The van der Waals surface area contributed by atoms with Gasteiger partial charge in [0.2, 0.25) is 5.91 Å². The highest BCUT2D eigenvalue weighted by molar-refractivity contribution is 14.1. The lowest BCUT2D eigenvalue weighted by Crippen LogP contribution is -2.50. The molecule has 1 aliphatic heterocycles. The minimum absolute atomic E-state index is 0.116. The molecule has 0 bridgehead atoms. The second-order valence-electron chi connectivity index (χ2n) is 8.54. The SMILES string of the molecule is CC(C)C(C(=O)Nc1ccc(I)cc1Cl)N1C(=O)N[C@H](c2ccc(OCC(=O)N(C)C)cc2)C1=O. The largest absolute Gasteiger partial charge is 0.484 e. The number of ether oxygens (including phenoxy) is 1. The van der Waals surface area contributed by atoms with E-state index in [0.717, 1.165) is 8.47 Å². The van der Waals surface area contributed by atoms with Crippen LogP contribution in [-0.2, 0) is 14.4 Å². The van der Waals surface area contributed by atoms with Gasteiger partial charge in [-0.15, -0.1) is 0 Å². The molecular weight excluding hydrogens is 587 g/mol. The van der Waals surface area contributed by atoms with Crippen LogP contribution >= 0.6 is 34.2 Å². The molecule has 3 rings (SSSR count). The van der Waals surface area contributed by atoms with Crippen LogP contribution in [0.25, 0.3) is 0 Å². The summed E-state index contributed by atoms with van der Waals surface area (Å²) in [6, 6.07) is 9.03. The third-order valence-electron chi connectivity index (χ3n) is 5.41. The topological polar surface area (TPSA) is 108 Å². The summed E-state index contributed by atoms with van der Waals surface area (Å²) in [5.41, 5.74) is 0.926. The minimum Gasteiger partial charge on any atom is -0.484 e. The third-order valence-corrected chi connectivity index (χ3v) is 6.40. The van der Waals surface area contributed by atoms with Crippen LogP contribution in [0, 0.1) is 9.49 Å². The first-order chi connectivity index (χ1) is 16.5. The number of hydrogen-bond donors (Lipinski definition) is 2. The summed E-state index contributed by atoms with van der Waals surface area (Å²) in [7, 11) is 3.27. The molecule has 1 aliphatic rings. The zero-order valence-corrected chi connectivity index (χ0v) is 22.6. The lowest BCUT2D eigenvalue weighted by atomic mass is 10.0. The van der Waals surface area contributed by atoms with Crippen molar-refractivity contribution in [1.82, 2.24) is 15.1 Å². The van der Waals surface area contributed by atoms with Gasteiger partial charge in [0.1, 0.15) is 17.8 Å². The lowest BCUT2D eigenvalue weighted by molar-refractivity contribution is -0.135. The fourth-order valence-corrected chi connectivity index (χ4v) is 4.43. The van der Waals surface area contributed by atoms with Crippen LogP contribution in [0.3, 0.4) is 0 Å². The zero-order valence-electron chi connectivity index (χ0n) is 19.7. The monoisotopic (exact) mass is 612 g/mol. The molecule has 2 atom stereocenters. The summed E-state index contributed by atoms with van der Waals surface area (Å²) >= 11 is 8.34. The van der Waals surface area contributed by atoms with E-state index in [1.165, 1.54) is 4.90 Å². The Hall–Kier alpha value is -2.86. The molecule has 5 amide bonds. The average Bonchev–Trinajstić information content (AvgIpc) is 3.08. The van der Waals surface area contributed by atoms with Crippen molar-refractivity contribution < 1.29 is 23.9 Å². The molecule has 0 aromatic heterocycles. The van der Waals surface area contributed by atoms with Crippen molar-refractivity contribution >= 4 is 63.6 Å². The van der Waals surface area contributed by atoms with Gasteiger partial charge in [-0.2, -0.15) is 0 Å². The van der Waals surface area contributed by atoms with Crippen molar-refractivity contribution in [2.24, 2.45) is 5.92 Å². The first kappa shape index (κ1) is 26.7. The van der Waals surface area contributed by atoms with Crippen LogP contribution in [-0.4, -0.2) is 60.3 Å². The summed E-state index contributed by atoms with van der Waals surface area (Å²) in [6.07, 6.45) is 0. The van der Waals surface area contributed by atoms with Crippen molar-refractivity contribution in [3.8, 4) is 5.75 Å². The van der Waals surface area contributed by atoms with E-state index in [9.17, 15) is 19.2 Å². The van der Waals surface area contributed by atoms with E-state index in [0.29, 0.717) is 22.0 Å². The summed E-state index contributed by atoms with van der Waals surface area (Å²) in [4.78, 5) is 53.3. The van der Waals surface area contributed by atoms with Crippen molar-refractivity contribution in [2.75, 3.05) is 26.0 Å². The van der Waals surface area contributed by atoms with Gasteiger partial charge in [0.15, 0.2) is 6.61 Å². The number of amides is 5. The Kier molecular flexibility index (Phi) is 8.60. The van der Waals surface area contributed by atoms with Gasteiger partial charge in [-0.05, 0) is 64.4 Å². The first-order valence-electron chi connectivity index (χ1n) is 10.8. The van der Waals surface area contributed by atoms with E-state index in [-0.39, 0.29) is 18.4 Å². The van der Waals surface area contributed by atoms with E-state index >= 15 is 0 Å². The molecule has 35 heavy (non-hydrogen) atoms. The van der Waals surface area contributed by atoms with E-state index < -0.39 is 29.9 Å². The summed E-state index contributed by atoms with van der Waals surface area (Å²) in [5.74, 6) is -1.13. The fourth-order valence-electron chi connectivity index (χ4n) is 3.53. The molecule has 2 aromatic carbocycles. The standard InChI is InChI=1S/C24H26ClIN4O5/c1-13(2)21(22(32)27-18-10-7-15(26)11-17(18)25)30-23(33)20(28-24(30)34)14-5-8-16(9-6-14)35-12-19(31)29(3)4/h5-11,13,20-21H,12H2,1-4H3,(H,27,32)(H,28,34)/t20-,21?/m1/s1. The third kappa shape index (κ3) is 6.23. The first-order valence-corrected chi connectivity index (χ1v) is 12.3. The molecule has 9 nitrogen and oxygen atoms in total. The van der Waals surface area contributed by atoms with Gasteiger partial charge in [-0.3, -0.25) is 14.4 Å². The lowest BCUT2D eigenvalue weighted by Gasteiger charge is -2.27. The number of carbonyl (C=O) groups excluding carboxylic acids is 4. The van der Waals surface area contributed by atoms with Crippen molar-refractivity contribution in [1.29, 1.82) is 0 Å². The van der Waals surface area contributed by atoms with Gasteiger partial charge in [-0.25, -0.2) is 9.69 Å². The number of imide groups is 1. The Labute approximate surface area is 222 Å². The molecule has 11 heteroatoms. The van der Waals surface area contributed by atoms with Crippen molar-refractivity contribution in [3.63, 3.8) is 0 Å². The summed E-state index contributed by atoms with van der Waals surface area (Å²) in [6.45, 7) is 3.40. The number of benzene rings is 2. The quantitative estimate of drug-likeness (QED) is 0.350. The Morgan fingerprint density at radius 3 is 2.40 bits per heavy atom. The number of nitrogens with one attached hydrogen (secondary N) is 2. The average molecular weight is 613 g/mol. The predicted octanol–water partition coefficient (Wildman–Crippen LogP) is 3.67. The highest BCUT2D eigenvalue weighted by Crippen LogP contribution is 2.29. The maximum absolute atomic E-state index is 13.3. The van der Waals surface area contributed by atoms with E-state index in [2.05, 4.69) is 33.2 Å². The van der Waals surface area contributed by atoms with E-state index in [1.54, 1.807) is 70.4 Å². The van der Waals surface area contributed by atoms with Crippen molar-refractivity contribution in [3.05, 3.63) is 56.6 Å². The maximum atomic E-state index is 13.3. The number of halogens is 2. The molecule has 0 radical (unpaired) electrons. The molecule has 2 aromatic rings. The summed E-state index contributed by atoms with van der Waals surface area (Å²) < 4.78 is 6.36. The number of carbonyl (C=O) groups is 4. The molecule has 0 saturated carbocycles. The van der Waals surface area contributed by atoms with E-state index in [1.807, 2.05) is 0 Å². The van der Waals surface area contributed by atoms with Gasteiger partial charge < -0.3 is 20.3 Å². The highest BCUT2D eigenvalue weighted by Gasteiger charge is 2.46. The second kappa shape index (κ2) is 11.3. The smallest absolute Gasteiger partial charge is 0.325 e. The highest BCUT2D eigenvalue weighted by atomic mass is 127. The molecule has 2 N–H and O–H groups in total. The molecule has 1 fully saturated rings. The molecule has 1 unspecified atom stereocenters. The van der Waals surface area contributed by atoms with Crippen LogP contribution in [0.1, 0.15) is 25.5 Å². The van der Waals surface area contributed by atoms with Gasteiger partial charge in [-0.1, -0.05) is 37.6 Å². The van der Waals surface area contributed by atoms with Gasteiger partial charge in [0.25, 0.3) is 11.8 Å². The number of hydrogen-bond acceptors (Lipinski definition) is 5. The predicted molar refractivity (Wildman–Crippen MR) is 140 cm³/mol. The Morgan fingerprint density at radius 2 is 1.83 bits per heavy atom. The van der Waals surface area contributed by atoms with Gasteiger partial charge in [0, 0.05) is 17.7 Å². The molecule has 0 spiro atoms.